The molecule has 0 aromatic heterocycles. The normalized spacial score (nSPS) is 37.6. The summed E-state index contributed by atoms with van der Waals surface area (Å²) in [6, 6.07) is 9.28. The van der Waals surface area contributed by atoms with Crippen LogP contribution < -0.4 is 0 Å². The highest BCUT2D eigenvalue weighted by Gasteiger charge is 2.67. The average Bonchev–Trinajstić information content (AvgIpc) is 3.47. The molecule has 17 nitrogen and oxygen atoms in total. The van der Waals surface area contributed by atoms with Crippen LogP contribution in [-0.2, 0) is 77.9 Å². The van der Waals surface area contributed by atoms with Gasteiger partial charge in [-0.05, 0) is 12.0 Å². The molecule has 3 aliphatic heterocycles. The molecule has 4 aliphatic rings. The second-order valence-corrected chi connectivity index (χ2v) is 14.3. The quantitative estimate of drug-likeness (QED) is 0.104. The number of esters is 4. The van der Waals surface area contributed by atoms with Gasteiger partial charge in [-0.2, -0.15) is 0 Å². The summed E-state index contributed by atoms with van der Waals surface area (Å²) < 4.78 is 65.1. The first kappa shape index (κ1) is 43.4. The van der Waals surface area contributed by atoms with Gasteiger partial charge in [-0.15, -0.1) is 12.3 Å². The van der Waals surface area contributed by atoms with E-state index in [1.165, 1.54) is 28.1 Å². The minimum atomic E-state index is -1.36. The summed E-state index contributed by atoms with van der Waals surface area (Å²) >= 11 is 0. The fraction of sp³-hybridized carbons (Fsp3) is 0.692. The largest absolute Gasteiger partial charge is 0.469 e. The van der Waals surface area contributed by atoms with Crippen LogP contribution in [0.4, 0.5) is 0 Å². The molecule has 16 unspecified atom stereocenters. The molecule has 0 spiro atoms. The molecule has 3 saturated heterocycles. The molecule has 2 N–H and O–H groups in total. The molecule has 0 bridgehead atoms. The molecular weight excluding hydrogens is 740 g/mol. The molecule has 16 atom stereocenters. The maximum atomic E-state index is 13.2. The van der Waals surface area contributed by atoms with E-state index >= 15 is 0 Å². The van der Waals surface area contributed by atoms with Crippen LogP contribution in [0.1, 0.15) is 46.1 Å². The zero-order valence-electron chi connectivity index (χ0n) is 32.3. The molecule has 1 aromatic carbocycles. The predicted molar refractivity (Wildman–Crippen MR) is 188 cm³/mol. The Kier molecular flexibility index (Phi) is 15.2. The number of benzene rings is 1. The zero-order chi connectivity index (χ0) is 40.7. The lowest BCUT2D eigenvalue weighted by molar-refractivity contribution is -0.355. The first-order valence-electron chi connectivity index (χ1n) is 18.6. The lowest BCUT2D eigenvalue weighted by Crippen LogP contribution is -2.63. The molecule has 3 heterocycles. The fourth-order valence-corrected chi connectivity index (χ4v) is 7.74. The Balaban J connectivity index is 1.43. The van der Waals surface area contributed by atoms with Crippen LogP contribution >= 0.6 is 0 Å². The van der Waals surface area contributed by atoms with Crippen molar-refractivity contribution in [1.29, 1.82) is 0 Å². The number of ether oxygens (including phenoxy) is 11. The number of rotatable bonds is 16. The third-order valence-corrected chi connectivity index (χ3v) is 10.6. The number of terminal acetylenes is 1. The first-order chi connectivity index (χ1) is 26.8. The third-order valence-electron chi connectivity index (χ3n) is 10.6. The highest BCUT2D eigenvalue weighted by atomic mass is 16.8. The Morgan fingerprint density at radius 2 is 1.45 bits per heavy atom. The van der Waals surface area contributed by atoms with Gasteiger partial charge in [-0.1, -0.05) is 44.2 Å². The van der Waals surface area contributed by atoms with Gasteiger partial charge in [0.2, 0.25) is 0 Å². The Morgan fingerprint density at radius 3 is 2.07 bits per heavy atom. The van der Waals surface area contributed by atoms with Crippen LogP contribution in [0.5, 0.6) is 0 Å². The van der Waals surface area contributed by atoms with Gasteiger partial charge >= 0.3 is 23.9 Å². The average molecular weight is 793 g/mol. The van der Waals surface area contributed by atoms with E-state index in [9.17, 15) is 29.4 Å². The van der Waals surface area contributed by atoms with Crippen molar-refractivity contribution in [3.8, 4) is 12.3 Å². The summed E-state index contributed by atoms with van der Waals surface area (Å²) in [7, 11) is 2.38. The van der Waals surface area contributed by atoms with Gasteiger partial charge in [-0.3, -0.25) is 14.4 Å². The lowest BCUT2D eigenvalue weighted by atomic mass is 9.67. The number of carbonyl (C=O) groups is 4. The highest BCUT2D eigenvalue weighted by molar-refractivity contribution is 5.76. The molecule has 1 saturated carbocycles. The second kappa shape index (κ2) is 19.6. The van der Waals surface area contributed by atoms with Crippen molar-refractivity contribution >= 4 is 23.9 Å². The van der Waals surface area contributed by atoms with Gasteiger partial charge in [0.15, 0.2) is 37.2 Å². The molecule has 56 heavy (non-hydrogen) atoms. The fourth-order valence-electron chi connectivity index (χ4n) is 7.74. The van der Waals surface area contributed by atoms with E-state index in [0.717, 1.165) is 5.56 Å². The maximum absolute atomic E-state index is 13.2. The van der Waals surface area contributed by atoms with Crippen LogP contribution in [0.15, 0.2) is 30.3 Å². The van der Waals surface area contributed by atoms with Crippen LogP contribution in [0, 0.1) is 36.0 Å². The van der Waals surface area contributed by atoms with Gasteiger partial charge < -0.3 is 62.3 Å². The lowest BCUT2D eigenvalue weighted by Gasteiger charge is -2.49. The van der Waals surface area contributed by atoms with Crippen molar-refractivity contribution in [1.82, 2.24) is 0 Å². The van der Waals surface area contributed by atoms with Gasteiger partial charge in [0, 0.05) is 32.1 Å². The van der Waals surface area contributed by atoms with E-state index in [2.05, 4.69) is 5.92 Å². The van der Waals surface area contributed by atoms with Gasteiger partial charge in [0.1, 0.15) is 24.2 Å². The minimum Gasteiger partial charge on any atom is -0.469 e. The van der Waals surface area contributed by atoms with Crippen LogP contribution in [0.2, 0.25) is 0 Å². The van der Waals surface area contributed by atoms with Crippen LogP contribution in [-0.4, -0.2) is 135 Å². The van der Waals surface area contributed by atoms with Gasteiger partial charge in [0.25, 0.3) is 0 Å². The van der Waals surface area contributed by atoms with Gasteiger partial charge in [0.05, 0.1) is 58.3 Å². The van der Waals surface area contributed by atoms with Crippen molar-refractivity contribution in [2.75, 3.05) is 27.4 Å². The SMILES string of the molecule is C#CCCCOC1OC(C(=O)OC)C(OC2OC(CO)C(OC3OC4C(C(=O)OC)C(O)C4C3OC(C)=O)C(OCc3ccccc3)C2C)C(C)C1OC(C)=O. The molecule has 1 aromatic rings. The van der Waals surface area contributed by atoms with E-state index in [0.29, 0.717) is 12.8 Å². The molecule has 1 aliphatic carbocycles. The number of aliphatic hydroxyl groups excluding tert-OH is 2. The number of unbranched alkanes of at least 4 members (excludes halogenated alkanes) is 1. The monoisotopic (exact) mass is 792 g/mol. The first-order valence-corrected chi connectivity index (χ1v) is 18.6. The molecule has 4 fully saturated rings. The Morgan fingerprint density at radius 1 is 0.786 bits per heavy atom. The highest BCUT2D eigenvalue weighted by Crippen LogP contribution is 2.49. The van der Waals surface area contributed by atoms with E-state index in [4.69, 9.17) is 58.5 Å². The summed E-state index contributed by atoms with van der Waals surface area (Å²) in [6.07, 6.45) is -7.30. The predicted octanol–water partition coefficient (Wildman–Crippen LogP) is 1.03. The van der Waals surface area contributed by atoms with E-state index in [1.54, 1.807) is 13.8 Å². The summed E-state index contributed by atoms with van der Waals surface area (Å²) in [4.78, 5) is 50.2. The number of hydrogen-bond donors (Lipinski definition) is 2. The smallest absolute Gasteiger partial charge is 0.337 e. The summed E-state index contributed by atoms with van der Waals surface area (Å²) in [5, 5.41) is 21.7. The van der Waals surface area contributed by atoms with Crippen molar-refractivity contribution in [3.05, 3.63) is 35.9 Å². The van der Waals surface area contributed by atoms with Crippen molar-refractivity contribution in [2.24, 2.45) is 23.7 Å². The molecule has 5 rings (SSSR count). The Bertz CT molecular complexity index is 1530. The van der Waals surface area contributed by atoms with Crippen LogP contribution in [0.25, 0.3) is 0 Å². The second-order valence-electron chi connectivity index (χ2n) is 14.3. The Hall–Kier alpha value is -3.70. The molecule has 17 heteroatoms. The molecule has 0 amide bonds. The maximum Gasteiger partial charge on any atom is 0.337 e. The number of carbonyl (C=O) groups excluding carboxylic acids is 4. The number of aliphatic hydroxyl groups is 2. The number of methoxy groups -OCH3 is 2. The topological polar surface area (TPSA) is 210 Å². The molecular formula is C39H52O17. The van der Waals surface area contributed by atoms with E-state index in [1.807, 2.05) is 30.3 Å². The van der Waals surface area contributed by atoms with Crippen molar-refractivity contribution < 1.29 is 81.5 Å². The summed E-state index contributed by atoms with van der Waals surface area (Å²) in [5.41, 5.74) is 0.817. The van der Waals surface area contributed by atoms with Gasteiger partial charge in [-0.25, -0.2) is 4.79 Å². The summed E-state index contributed by atoms with van der Waals surface area (Å²) in [6.45, 7) is 5.53. The zero-order valence-corrected chi connectivity index (χ0v) is 32.3. The van der Waals surface area contributed by atoms with Crippen LogP contribution in [0.3, 0.4) is 0 Å². The van der Waals surface area contributed by atoms with E-state index in [-0.39, 0.29) is 13.2 Å². The minimum absolute atomic E-state index is 0.0921. The molecule has 310 valence electrons. The number of hydrogen-bond acceptors (Lipinski definition) is 17. The third kappa shape index (κ3) is 9.52. The van der Waals surface area contributed by atoms with E-state index < -0.39 is 128 Å². The standard InChI is InChI=1S/C39H52O17/c1-8-9-13-16-48-38-30(50-21(4)41)19(2)29(34(56-38)36(45)47-7)53-37-20(3)28(49-18-23-14-11-10-12-15-23)31(24(17-40)52-37)54-39-33(51-22(5)42)25-27(43)26(32(25)55-39)35(44)46-6/h1,10-12,14-15,19-20,24-34,37-40,43H,9,13,16-18H2,2-7H3. The van der Waals surface area contributed by atoms with Crippen molar-refractivity contribution in [3.63, 3.8) is 0 Å². The summed E-state index contributed by atoms with van der Waals surface area (Å²) in [5.74, 6) is -3.52. The molecule has 0 radical (unpaired) electrons. The number of fused-ring (bicyclic) bond motifs is 1. The van der Waals surface area contributed by atoms with Crippen molar-refractivity contribution in [2.45, 2.75) is 121 Å². The Labute approximate surface area is 325 Å².